The summed E-state index contributed by atoms with van der Waals surface area (Å²) in [5.41, 5.74) is 5.75. The van der Waals surface area contributed by atoms with Gasteiger partial charge in [0, 0.05) is 18.8 Å². The zero-order chi connectivity index (χ0) is 13.8. The molecule has 3 rings (SSSR count). The summed E-state index contributed by atoms with van der Waals surface area (Å²) in [6.07, 6.45) is 2.28. The van der Waals surface area contributed by atoms with E-state index in [0.717, 1.165) is 26.1 Å². The second kappa shape index (κ2) is 6.10. The number of anilines is 1. The number of rotatable bonds is 5. The third-order valence-corrected chi connectivity index (χ3v) is 4.02. The molecule has 1 aliphatic heterocycles. The molecule has 1 aliphatic rings. The number of nitrogens with one attached hydrogen (secondary N) is 1. The van der Waals surface area contributed by atoms with Crippen LogP contribution in [0.4, 0.5) is 5.69 Å². The largest absolute Gasteiger partial charge is 0.367 e. The Morgan fingerprint density at radius 2 is 1.90 bits per heavy atom. The van der Waals surface area contributed by atoms with Gasteiger partial charge in [-0.15, -0.1) is 0 Å². The molecule has 20 heavy (non-hydrogen) atoms. The molecule has 0 spiro atoms. The fourth-order valence-electron chi connectivity index (χ4n) is 2.88. The molecular weight excluding hydrogens is 244 g/mol. The van der Waals surface area contributed by atoms with Gasteiger partial charge < -0.3 is 10.2 Å². The Hall–Kier alpha value is -1.80. The van der Waals surface area contributed by atoms with Gasteiger partial charge in [-0.3, -0.25) is 0 Å². The molecule has 0 saturated carbocycles. The lowest BCUT2D eigenvalue weighted by Gasteiger charge is -2.20. The second-order valence-electron chi connectivity index (χ2n) is 5.47. The highest BCUT2D eigenvalue weighted by molar-refractivity contribution is 5.59. The van der Waals surface area contributed by atoms with Gasteiger partial charge in [-0.05, 0) is 49.2 Å². The van der Waals surface area contributed by atoms with E-state index in [1.165, 1.54) is 28.8 Å². The van der Waals surface area contributed by atoms with Crippen molar-refractivity contribution in [2.75, 3.05) is 25.0 Å². The van der Waals surface area contributed by atoms with E-state index in [2.05, 4.69) is 58.7 Å². The molecule has 0 aromatic heterocycles. The number of benzene rings is 2. The molecule has 0 atom stereocenters. The molecular formula is C18H22N2. The highest BCUT2D eigenvalue weighted by Crippen LogP contribution is 2.30. The van der Waals surface area contributed by atoms with E-state index in [0.29, 0.717) is 0 Å². The van der Waals surface area contributed by atoms with Crippen LogP contribution < -0.4 is 10.2 Å². The van der Waals surface area contributed by atoms with Gasteiger partial charge in [0.15, 0.2) is 0 Å². The van der Waals surface area contributed by atoms with E-state index in [4.69, 9.17) is 0 Å². The number of hydrogen-bond acceptors (Lipinski definition) is 2. The van der Waals surface area contributed by atoms with Crippen LogP contribution >= 0.6 is 0 Å². The molecule has 2 heteroatoms. The minimum atomic E-state index is 1.02. The number of hydrogen-bond donors (Lipinski definition) is 1. The van der Waals surface area contributed by atoms with E-state index in [1.54, 1.807) is 0 Å². The van der Waals surface area contributed by atoms with Crippen LogP contribution in [0.3, 0.4) is 0 Å². The topological polar surface area (TPSA) is 15.3 Å². The van der Waals surface area contributed by atoms with Crippen LogP contribution in [-0.4, -0.2) is 20.1 Å². The van der Waals surface area contributed by atoms with Crippen molar-refractivity contribution in [2.24, 2.45) is 0 Å². The summed E-state index contributed by atoms with van der Waals surface area (Å²) in [5, 5.41) is 3.22. The van der Waals surface area contributed by atoms with Crippen LogP contribution in [0.2, 0.25) is 0 Å². The first-order valence-electron chi connectivity index (χ1n) is 7.42. The molecule has 1 N–H and O–H groups in total. The van der Waals surface area contributed by atoms with Crippen LogP contribution in [0.5, 0.6) is 0 Å². The highest BCUT2D eigenvalue weighted by atomic mass is 15.1. The van der Waals surface area contributed by atoms with Crippen molar-refractivity contribution in [1.29, 1.82) is 0 Å². The molecule has 104 valence electrons. The van der Waals surface area contributed by atoms with Gasteiger partial charge in [0.1, 0.15) is 0 Å². The predicted molar refractivity (Wildman–Crippen MR) is 85.3 cm³/mol. The van der Waals surface area contributed by atoms with Crippen molar-refractivity contribution in [3.63, 3.8) is 0 Å². The van der Waals surface area contributed by atoms with Gasteiger partial charge in [-0.2, -0.15) is 0 Å². The van der Waals surface area contributed by atoms with Crippen LogP contribution in [0, 0.1) is 0 Å². The lowest BCUT2D eigenvalue weighted by atomic mass is 10.1. The van der Waals surface area contributed by atoms with Crippen molar-refractivity contribution >= 4 is 5.69 Å². The van der Waals surface area contributed by atoms with Crippen molar-refractivity contribution in [2.45, 2.75) is 19.4 Å². The fourth-order valence-corrected chi connectivity index (χ4v) is 2.88. The number of fused-ring (bicyclic) bond motifs is 1. The van der Waals surface area contributed by atoms with Gasteiger partial charge >= 0.3 is 0 Å². The molecule has 1 heterocycles. The Kier molecular flexibility index (Phi) is 4.03. The molecule has 0 amide bonds. The molecule has 0 radical (unpaired) electrons. The summed E-state index contributed by atoms with van der Waals surface area (Å²) in [6, 6.07) is 17.7. The summed E-state index contributed by atoms with van der Waals surface area (Å²) in [7, 11) is 2.01. The number of nitrogens with zero attached hydrogens (tertiary/aromatic N) is 1. The lowest BCUT2D eigenvalue weighted by molar-refractivity contribution is 0.790. The predicted octanol–water partition coefficient (Wildman–Crippen LogP) is 3.01. The lowest BCUT2D eigenvalue weighted by Crippen LogP contribution is -2.19. The molecule has 2 nitrogen and oxygen atoms in total. The Bertz CT molecular complexity index is 563. The maximum Gasteiger partial charge on any atom is 0.0429 e. The molecule has 0 unspecified atom stereocenters. The normalized spacial score (nSPS) is 13.6. The Morgan fingerprint density at radius 3 is 2.70 bits per heavy atom. The van der Waals surface area contributed by atoms with E-state index in [-0.39, 0.29) is 0 Å². The van der Waals surface area contributed by atoms with Gasteiger partial charge in [0.25, 0.3) is 0 Å². The van der Waals surface area contributed by atoms with Crippen LogP contribution in [-0.2, 0) is 19.4 Å². The minimum absolute atomic E-state index is 1.02. The van der Waals surface area contributed by atoms with E-state index < -0.39 is 0 Å². The summed E-state index contributed by atoms with van der Waals surface area (Å²) in [6.45, 7) is 3.19. The van der Waals surface area contributed by atoms with Crippen molar-refractivity contribution in [3.05, 3.63) is 65.2 Å². The monoisotopic (exact) mass is 266 g/mol. The average molecular weight is 266 g/mol. The summed E-state index contributed by atoms with van der Waals surface area (Å²) in [4.78, 5) is 2.51. The van der Waals surface area contributed by atoms with Crippen molar-refractivity contribution in [3.8, 4) is 0 Å². The molecule has 0 saturated heterocycles. The standard InChI is InChI=1S/C18H22N2/c1-19-11-9-15-7-8-17-10-12-20(18(17)13-15)14-16-5-3-2-4-6-16/h2-8,13,19H,9-12,14H2,1H3. The maximum absolute atomic E-state index is 3.22. The van der Waals surface area contributed by atoms with Gasteiger partial charge in [0.2, 0.25) is 0 Å². The molecule has 2 aromatic rings. The maximum atomic E-state index is 3.22. The quantitative estimate of drug-likeness (QED) is 0.895. The van der Waals surface area contributed by atoms with E-state index in [1.807, 2.05) is 7.05 Å². The number of likely N-dealkylation sites (N-methyl/N-ethyl adjacent to an activating group) is 1. The van der Waals surface area contributed by atoms with Crippen LogP contribution in [0.1, 0.15) is 16.7 Å². The third kappa shape index (κ3) is 2.86. The van der Waals surface area contributed by atoms with E-state index >= 15 is 0 Å². The van der Waals surface area contributed by atoms with Crippen molar-refractivity contribution in [1.82, 2.24) is 5.32 Å². The minimum Gasteiger partial charge on any atom is -0.367 e. The summed E-state index contributed by atoms with van der Waals surface area (Å²) < 4.78 is 0. The Balaban J connectivity index is 1.77. The first-order valence-corrected chi connectivity index (χ1v) is 7.42. The summed E-state index contributed by atoms with van der Waals surface area (Å²) >= 11 is 0. The average Bonchev–Trinajstić information content (AvgIpc) is 2.89. The third-order valence-electron chi connectivity index (χ3n) is 4.02. The summed E-state index contributed by atoms with van der Waals surface area (Å²) in [5.74, 6) is 0. The molecule has 0 bridgehead atoms. The zero-order valence-corrected chi connectivity index (χ0v) is 12.1. The first-order chi connectivity index (χ1) is 9.86. The first kappa shape index (κ1) is 13.2. The Labute approximate surface area is 121 Å². The smallest absolute Gasteiger partial charge is 0.0429 e. The van der Waals surface area contributed by atoms with Crippen LogP contribution in [0.25, 0.3) is 0 Å². The SMILES string of the molecule is CNCCc1ccc2c(c1)N(Cc1ccccc1)CC2. The van der Waals surface area contributed by atoms with Crippen molar-refractivity contribution < 1.29 is 0 Å². The van der Waals surface area contributed by atoms with Gasteiger partial charge in [0.05, 0.1) is 0 Å². The van der Waals surface area contributed by atoms with Crippen LogP contribution in [0.15, 0.2) is 48.5 Å². The second-order valence-corrected chi connectivity index (χ2v) is 5.47. The molecule has 0 aliphatic carbocycles. The van der Waals surface area contributed by atoms with Gasteiger partial charge in [-0.1, -0.05) is 42.5 Å². The molecule has 2 aromatic carbocycles. The van der Waals surface area contributed by atoms with Gasteiger partial charge in [-0.25, -0.2) is 0 Å². The fraction of sp³-hybridized carbons (Fsp3) is 0.333. The van der Waals surface area contributed by atoms with E-state index in [9.17, 15) is 0 Å². The zero-order valence-electron chi connectivity index (χ0n) is 12.1. The Morgan fingerprint density at radius 1 is 1.05 bits per heavy atom. The highest BCUT2D eigenvalue weighted by Gasteiger charge is 2.19. The molecule has 0 fully saturated rings.